The van der Waals surface area contributed by atoms with E-state index in [0.29, 0.717) is 5.02 Å². The van der Waals surface area contributed by atoms with Gasteiger partial charge in [-0.05, 0) is 37.2 Å². The molecule has 2 aromatic heterocycles. The summed E-state index contributed by atoms with van der Waals surface area (Å²) in [7, 11) is 0. The van der Waals surface area contributed by atoms with Crippen molar-refractivity contribution in [1.29, 1.82) is 0 Å². The number of nitrogens with one attached hydrogen (secondary N) is 2. The Kier molecular flexibility index (Phi) is 3.71. The highest BCUT2D eigenvalue weighted by molar-refractivity contribution is 6.31. The SMILES string of the molecule is CCCNC(c1cn[nH]n1)c1cc2cc(Cl)ccc2o1. The Morgan fingerprint density at radius 1 is 1.40 bits per heavy atom. The van der Waals surface area contributed by atoms with Gasteiger partial charge in [0.15, 0.2) is 0 Å². The van der Waals surface area contributed by atoms with Crippen molar-refractivity contribution in [2.75, 3.05) is 6.54 Å². The predicted molar refractivity (Wildman–Crippen MR) is 77.7 cm³/mol. The molecule has 1 atom stereocenters. The molecule has 0 bridgehead atoms. The third-order valence-corrected chi connectivity index (χ3v) is 3.34. The fourth-order valence-electron chi connectivity index (χ4n) is 2.17. The van der Waals surface area contributed by atoms with Gasteiger partial charge in [-0.15, -0.1) is 0 Å². The van der Waals surface area contributed by atoms with Crippen LogP contribution in [0.5, 0.6) is 0 Å². The Bertz CT molecular complexity index is 692. The van der Waals surface area contributed by atoms with E-state index in [9.17, 15) is 0 Å². The zero-order chi connectivity index (χ0) is 13.9. The van der Waals surface area contributed by atoms with Gasteiger partial charge in [0.1, 0.15) is 23.1 Å². The highest BCUT2D eigenvalue weighted by Crippen LogP contribution is 2.28. The highest BCUT2D eigenvalue weighted by Gasteiger charge is 2.20. The highest BCUT2D eigenvalue weighted by atomic mass is 35.5. The Morgan fingerprint density at radius 3 is 3.05 bits per heavy atom. The summed E-state index contributed by atoms with van der Waals surface area (Å²) in [6.45, 7) is 2.99. The fourth-order valence-corrected chi connectivity index (χ4v) is 2.35. The van der Waals surface area contributed by atoms with Crippen molar-refractivity contribution in [1.82, 2.24) is 20.7 Å². The molecule has 6 heteroatoms. The van der Waals surface area contributed by atoms with E-state index in [2.05, 4.69) is 27.7 Å². The maximum Gasteiger partial charge on any atom is 0.134 e. The summed E-state index contributed by atoms with van der Waals surface area (Å²) in [6.07, 6.45) is 2.73. The summed E-state index contributed by atoms with van der Waals surface area (Å²) in [5.74, 6) is 0.810. The smallest absolute Gasteiger partial charge is 0.134 e. The monoisotopic (exact) mass is 290 g/mol. The van der Waals surface area contributed by atoms with Gasteiger partial charge in [-0.25, -0.2) is 0 Å². The second-order valence-corrected chi connectivity index (χ2v) is 5.05. The number of aromatic amines is 1. The van der Waals surface area contributed by atoms with Gasteiger partial charge in [0.05, 0.1) is 6.20 Å². The van der Waals surface area contributed by atoms with E-state index in [0.717, 1.165) is 35.4 Å². The largest absolute Gasteiger partial charge is 0.459 e. The number of fused-ring (bicyclic) bond motifs is 1. The van der Waals surface area contributed by atoms with Crippen LogP contribution in [0.4, 0.5) is 0 Å². The van der Waals surface area contributed by atoms with E-state index >= 15 is 0 Å². The van der Waals surface area contributed by atoms with Crippen molar-refractivity contribution < 1.29 is 4.42 Å². The molecular weight excluding hydrogens is 276 g/mol. The molecule has 0 saturated carbocycles. The topological polar surface area (TPSA) is 66.7 Å². The molecule has 104 valence electrons. The van der Waals surface area contributed by atoms with Crippen LogP contribution in [0.2, 0.25) is 5.02 Å². The summed E-state index contributed by atoms with van der Waals surface area (Å²) < 4.78 is 5.90. The van der Waals surface area contributed by atoms with Gasteiger partial charge in [0.25, 0.3) is 0 Å². The number of aromatic nitrogens is 3. The number of furan rings is 1. The molecule has 20 heavy (non-hydrogen) atoms. The van der Waals surface area contributed by atoms with E-state index in [1.165, 1.54) is 0 Å². The molecule has 1 unspecified atom stereocenters. The van der Waals surface area contributed by atoms with Crippen molar-refractivity contribution in [3.63, 3.8) is 0 Å². The van der Waals surface area contributed by atoms with Crippen LogP contribution in [0, 0.1) is 0 Å². The molecule has 2 N–H and O–H groups in total. The number of halogens is 1. The summed E-state index contributed by atoms with van der Waals surface area (Å²) in [4.78, 5) is 0. The Balaban J connectivity index is 1.99. The molecule has 5 nitrogen and oxygen atoms in total. The predicted octanol–water partition coefficient (Wildman–Crippen LogP) is 3.29. The molecule has 0 saturated heterocycles. The van der Waals surface area contributed by atoms with Crippen LogP contribution in [-0.2, 0) is 0 Å². The van der Waals surface area contributed by atoms with Gasteiger partial charge in [0.2, 0.25) is 0 Å². The van der Waals surface area contributed by atoms with E-state index < -0.39 is 0 Å². The number of benzene rings is 1. The first-order valence-corrected chi connectivity index (χ1v) is 6.93. The minimum Gasteiger partial charge on any atom is -0.459 e. The second-order valence-electron chi connectivity index (χ2n) is 4.61. The van der Waals surface area contributed by atoms with Crippen LogP contribution in [0.3, 0.4) is 0 Å². The van der Waals surface area contributed by atoms with E-state index in [1.807, 2.05) is 24.3 Å². The molecule has 1 aromatic carbocycles. The van der Waals surface area contributed by atoms with Crippen LogP contribution in [-0.4, -0.2) is 22.0 Å². The van der Waals surface area contributed by atoms with E-state index in [-0.39, 0.29) is 6.04 Å². The van der Waals surface area contributed by atoms with Crippen LogP contribution >= 0.6 is 11.6 Å². The van der Waals surface area contributed by atoms with Crippen molar-refractivity contribution in [3.8, 4) is 0 Å². The number of H-pyrrole nitrogens is 1. The lowest BCUT2D eigenvalue weighted by Gasteiger charge is -2.12. The lowest BCUT2D eigenvalue weighted by atomic mass is 10.1. The zero-order valence-corrected chi connectivity index (χ0v) is 11.8. The molecular formula is C14H15ClN4O. The first-order valence-electron chi connectivity index (χ1n) is 6.56. The molecule has 2 heterocycles. The number of nitrogens with zero attached hydrogens (tertiary/aromatic N) is 2. The number of hydrogen-bond donors (Lipinski definition) is 2. The molecule has 3 aromatic rings. The Morgan fingerprint density at radius 2 is 2.30 bits per heavy atom. The summed E-state index contributed by atoms with van der Waals surface area (Å²) in [5, 5.41) is 15.7. The molecule has 0 aliphatic carbocycles. The zero-order valence-electron chi connectivity index (χ0n) is 11.1. The second kappa shape index (κ2) is 5.64. The normalized spacial score (nSPS) is 12.9. The minimum absolute atomic E-state index is 0.111. The summed E-state index contributed by atoms with van der Waals surface area (Å²) in [5.41, 5.74) is 1.62. The van der Waals surface area contributed by atoms with Gasteiger partial charge in [0, 0.05) is 10.4 Å². The van der Waals surface area contributed by atoms with E-state index in [1.54, 1.807) is 6.20 Å². The van der Waals surface area contributed by atoms with Crippen molar-refractivity contribution in [2.45, 2.75) is 19.4 Å². The average molecular weight is 291 g/mol. The molecule has 0 aliphatic heterocycles. The van der Waals surface area contributed by atoms with Crippen LogP contribution in [0.1, 0.15) is 30.8 Å². The maximum atomic E-state index is 6.01. The first kappa shape index (κ1) is 13.1. The Labute approximate surface area is 121 Å². The molecule has 0 amide bonds. The van der Waals surface area contributed by atoms with Crippen LogP contribution in [0.25, 0.3) is 11.0 Å². The van der Waals surface area contributed by atoms with Gasteiger partial charge in [-0.1, -0.05) is 18.5 Å². The molecule has 3 rings (SSSR count). The maximum absolute atomic E-state index is 6.01. The molecule has 0 radical (unpaired) electrons. The lowest BCUT2D eigenvalue weighted by Crippen LogP contribution is -2.23. The number of rotatable bonds is 5. The van der Waals surface area contributed by atoms with Crippen molar-refractivity contribution in [2.24, 2.45) is 0 Å². The van der Waals surface area contributed by atoms with Crippen LogP contribution < -0.4 is 5.32 Å². The quantitative estimate of drug-likeness (QED) is 0.756. The van der Waals surface area contributed by atoms with Gasteiger partial charge >= 0.3 is 0 Å². The summed E-state index contributed by atoms with van der Waals surface area (Å²) >= 11 is 6.01. The molecule has 0 spiro atoms. The Hall–Kier alpha value is -1.85. The number of hydrogen-bond acceptors (Lipinski definition) is 4. The molecule has 0 fully saturated rings. The van der Waals surface area contributed by atoms with Crippen LogP contribution in [0.15, 0.2) is 34.9 Å². The van der Waals surface area contributed by atoms with Crippen molar-refractivity contribution in [3.05, 3.63) is 46.9 Å². The first-order chi connectivity index (χ1) is 9.78. The standard InChI is InChI=1S/C14H15ClN4O/c1-2-5-16-14(11-8-17-19-18-11)13-7-9-6-10(15)3-4-12(9)20-13/h3-4,6-8,14,16H,2,5H2,1H3,(H,17,18,19). The summed E-state index contributed by atoms with van der Waals surface area (Å²) in [6, 6.07) is 7.47. The third kappa shape index (κ3) is 2.55. The van der Waals surface area contributed by atoms with Crippen molar-refractivity contribution >= 4 is 22.6 Å². The van der Waals surface area contributed by atoms with E-state index in [4.69, 9.17) is 16.0 Å². The lowest BCUT2D eigenvalue weighted by molar-refractivity contribution is 0.463. The average Bonchev–Trinajstić information content (AvgIpc) is 3.08. The van der Waals surface area contributed by atoms with Gasteiger partial charge in [-0.2, -0.15) is 15.4 Å². The third-order valence-electron chi connectivity index (χ3n) is 3.11. The van der Waals surface area contributed by atoms with Gasteiger partial charge in [-0.3, -0.25) is 0 Å². The van der Waals surface area contributed by atoms with Gasteiger partial charge < -0.3 is 9.73 Å². The minimum atomic E-state index is -0.111. The fraction of sp³-hybridized carbons (Fsp3) is 0.286. The molecule has 0 aliphatic rings.